The van der Waals surface area contributed by atoms with Gasteiger partial charge in [0.25, 0.3) is 0 Å². The van der Waals surface area contributed by atoms with Gasteiger partial charge in [-0.05, 0) is 68.4 Å². The Morgan fingerprint density at radius 1 is 0.827 bits per heavy atom. The highest BCUT2D eigenvalue weighted by Crippen LogP contribution is 2.49. The Kier molecular flexibility index (Phi) is 11.1. The summed E-state index contributed by atoms with van der Waals surface area (Å²) in [4.78, 5) is 14.0. The largest absolute Gasteiger partial charge is 0.393 e. The summed E-state index contributed by atoms with van der Waals surface area (Å²) in [5.41, 5.74) is 2.18. The molecule has 0 aliphatic carbocycles. The van der Waals surface area contributed by atoms with Gasteiger partial charge in [-0.15, -0.1) is 0 Å². The molecule has 0 aromatic carbocycles. The number of hydrogen-bond acceptors (Lipinski definition) is 11. The van der Waals surface area contributed by atoms with Crippen LogP contribution in [0.1, 0.15) is 110 Å². The lowest BCUT2D eigenvalue weighted by atomic mass is 9.81. The van der Waals surface area contributed by atoms with Crippen LogP contribution in [-0.2, 0) is 42.7 Å². The number of aliphatic hydroxyl groups is 2. The van der Waals surface area contributed by atoms with Gasteiger partial charge in [-0.1, -0.05) is 27.0 Å². The van der Waals surface area contributed by atoms with Crippen LogP contribution in [0, 0.1) is 11.8 Å². The van der Waals surface area contributed by atoms with Crippen molar-refractivity contribution in [2.75, 3.05) is 7.11 Å². The third-order valence-electron chi connectivity index (χ3n) is 13.8. The van der Waals surface area contributed by atoms with Gasteiger partial charge in [-0.3, -0.25) is 4.79 Å². The van der Waals surface area contributed by atoms with Crippen molar-refractivity contribution < 1.29 is 52.9 Å². The van der Waals surface area contributed by atoms with E-state index < -0.39 is 24.1 Å². The number of ketones is 1. The predicted molar refractivity (Wildman–Crippen MR) is 189 cm³/mol. The highest BCUT2D eigenvalue weighted by molar-refractivity contribution is 5.79. The summed E-state index contributed by atoms with van der Waals surface area (Å²) in [5, 5.41) is 21.8. The lowest BCUT2D eigenvalue weighted by molar-refractivity contribution is -0.277. The van der Waals surface area contributed by atoms with Crippen LogP contribution in [-0.4, -0.2) is 120 Å². The number of carbonyl (C=O) groups is 1. The first-order chi connectivity index (χ1) is 25.0. The van der Waals surface area contributed by atoms with Gasteiger partial charge >= 0.3 is 0 Å². The van der Waals surface area contributed by atoms with Crippen LogP contribution in [0.5, 0.6) is 0 Å². The standard InChI is InChI=1S/C41H62O11/c1-6-24(42)17-35-38(45-5)29-16-25(43)15-27-8-10-32-40(48-27)37-19-36(49-32)39-30(44)20-41(51-37,52-39)12-11-28-14-22(3)31(46-28)9-7-26-13-21(2)23(4)33(47-26)18-34(29)50-35/h21,24,26-40,42,44H,3-4,6-20H2,1-2,5H3/t21-,24-,26+,27-,28+,29+,30-,31+,32+,33-,34+,35-,36-,37-,38-,39+,40+,41-/m1/s1. The van der Waals surface area contributed by atoms with E-state index in [2.05, 4.69) is 20.1 Å². The molecule has 0 radical (unpaired) electrons. The quantitative estimate of drug-likeness (QED) is 0.384. The monoisotopic (exact) mass is 730 g/mol. The molecule has 11 heteroatoms. The average Bonchev–Trinajstić information content (AvgIpc) is 3.72. The van der Waals surface area contributed by atoms with E-state index in [1.807, 2.05) is 6.92 Å². The van der Waals surface area contributed by atoms with E-state index in [0.717, 1.165) is 49.7 Å². The van der Waals surface area contributed by atoms with E-state index in [4.69, 9.17) is 37.9 Å². The minimum absolute atomic E-state index is 0.00384. The van der Waals surface area contributed by atoms with E-state index in [1.54, 1.807) is 7.11 Å². The third kappa shape index (κ3) is 7.50. The van der Waals surface area contributed by atoms with Crippen LogP contribution in [0.25, 0.3) is 0 Å². The van der Waals surface area contributed by atoms with Gasteiger partial charge in [0.1, 0.15) is 18.0 Å². The molecule has 8 fully saturated rings. The Hall–Kier alpha value is -1.25. The van der Waals surface area contributed by atoms with Crippen LogP contribution in [0.15, 0.2) is 24.3 Å². The molecule has 8 rings (SSSR count). The lowest BCUT2D eigenvalue weighted by Crippen LogP contribution is -2.58. The molecule has 2 N–H and O–H groups in total. The molecule has 10 bridgehead atoms. The Bertz CT molecular complexity index is 1320. The molecular formula is C41H62O11. The van der Waals surface area contributed by atoms with Gasteiger partial charge in [0.05, 0.1) is 79.4 Å². The maximum absolute atomic E-state index is 14.0. The topological polar surface area (TPSA) is 131 Å². The first kappa shape index (κ1) is 37.7. The van der Waals surface area contributed by atoms with Crippen LogP contribution in [0.4, 0.5) is 0 Å². The maximum Gasteiger partial charge on any atom is 0.172 e. The molecular weight excluding hydrogens is 668 g/mol. The molecule has 1 spiro atoms. The Morgan fingerprint density at radius 2 is 1.62 bits per heavy atom. The van der Waals surface area contributed by atoms with Crippen LogP contribution in [0.2, 0.25) is 0 Å². The number of Topliss-reactive ketones (excluding diaryl/α,β-unsaturated/α-hetero) is 1. The SMILES string of the molecule is C=C1C[C@@H]2CC[C@]34C[C@@H](O)[C@H](O3)[C@H]3C[C@@H](O4)[C@H]4O[C@H](CC[C@@H]4O3)CC(=O)C[C@@H]3[C@@H](OC)[C@@H](C[C@H](O)CC)O[C@H]3C[C@H]3O[C@@H](CC[C@@H]1O2)C[C@@H](C)C3=C. The molecule has 8 saturated heterocycles. The number of fused-ring (bicyclic) bond motifs is 9. The second-order valence-electron chi connectivity index (χ2n) is 17.4. The van der Waals surface area contributed by atoms with Gasteiger partial charge in [0.2, 0.25) is 0 Å². The minimum Gasteiger partial charge on any atom is -0.393 e. The van der Waals surface area contributed by atoms with Crippen molar-refractivity contribution in [1.29, 1.82) is 0 Å². The molecule has 0 unspecified atom stereocenters. The molecule has 8 heterocycles. The summed E-state index contributed by atoms with van der Waals surface area (Å²) in [5.74, 6) is -0.729. The van der Waals surface area contributed by atoms with Crippen molar-refractivity contribution in [3.05, 3.63) is 24.3 Å². The van der Waals surface area contributed by atoms with Crippen molar-refractivity contribution in [3.63, 3.8) is 0 Å². The van der Waals surface area contributed by atoms with Gasteiger partial charge in [-0.25, -0.2) is 0 Å². The molecule has 52 heavy (non-hydrogen) atoms. The highest BCUT2D eigenvalue weighted by Gasteiger charge is 2.59. The zero-order valence-electron chi connectivity index (χ0n) is 31.4. The molecule has 0 amide bonds. The first-order valence-corrected chi connectivity index (χ1v) is 20.4. The number of methoxy groups -OCH3 is 1. The summed E-state index contributed by atoms with van der Waals surface area (Å²) in [7, 11) is 1.68. The molecule has 0 saturated carbocycles. The van der Waals surface area contributed by atoms with E-state index >= 15 is 0 Å². The second kappa shape index (κ2) is 15.4. The zero-order valence-corrected chi connectivity index (χ0v) is 31.4. The van der Waals surface area contributed by atoms with E-state index in [9.17, 15) is 15.0 Å². The third-order valence-corrected chi connectivity index (χ3v) is 13.8. The van der Waals surface area contributed by atoms with Crippen LogP contribution < -0.4 is 0 Å². The number of rotatable bonds is 4. The Labute approximate surface area is 309 Å². The molecule has 0 aromatic heterocycles. The van der Waals surface area contributed by atoms with Crippen molar-refractivity contribution >= 4 is 5.78 Å². The smallest absolute Gasteiger partial charge is 0.172 e. The fraction of sp³-hybridized carbons (Fsp3) is 0.878. The van der Waals surface area contributed by atoms with Crippen molar-refractivity contribution in [3.8, 4) is 0 Å². The second-order valence-corrected chi connectivity index (χ2v) is 17.4. The van der Waals surface area contributed by atoms with E-state index in [0.29, 0.717) is 57.8 Å². The summed E-state index contributed by atoms with van der Waals surface area (Å²) >= 11 is 0. The van der Waals surface area contributed by atoms with Crippen molar-refractivity contribution in [2.24, 2.45) is 11.8 Å². The summed E-state index contributed by atoms with van der Waals surface area (Å²) < 4.78 is 53.0. The highest BCUT2D eigenvalue weighted by atomic mass is 16.7. The number of ether oxygens (including phenoxy) is 8. The molecule has 292 valence electrons. The lowest BCUT2D eigenvalue weighted by Gasteiger charge is -2.47. The fourth-order valence-electron chi connectivity index (χ4n) is 10.9. The molecule has 8 aliphatic heterocycles. The zero-order chi connectivity index (χ0) is 36.3. The van der Waals surface area contributed by atoms with Gasteiger partial charge < -0.3 is 48.1 Å². The molecule has 18 atom stereocenters. The predicted octanol–water partition coefficient (Wildman–Crippen LogP) is 4.87. The summed E-state index contributed by atoms with van der Waals surface area (Å²) in [6, 6.07) is 0. The maximum atomic E-state index is 14.0. The first-order valence-electron chi connectivity index (χ1n) is 20.4. The van der Waals surface area contributed by atoms with Crippen molar-refractivity contribution in [1.82, 2.24) is 0 Å². The number of hydrogen-bond donors (Lipinski definition) is 2. The van der Waals surface area contributed by atoms with Crippen LogP contribution in [0.3, 0.4) is 0 Å². The molecule has 8 aliphatic rings. The van der Waals surface area contributed by atoms with Crippen LogP contribution >= 0.6 is 0 Å². The van der Waals surface area contributed by atoms with Gasteiger partial charge in [-0.2, -0.15) is 0 Å². The molecule has 0 aromatic rings. The van der Waals surface area contributed by atoms with Crippen molar-refractivity contribution in [2.45, 2.75) is 208 Å². The van der Waals surface area contributed by atoms with E-state index in [1.165, 1.54) is 0 Å². The van der Waals surface area contributed by atoms with Gasteiger partial charge in [0.15, 0.2) is 5.79 Å². The summed E-state index contributed by atoms with van der Waals surface area (Å²) in [6.07, 6.45) is 5.35. The summed E-state index contributed by atoms with van der Waals surface area (Å²) in [6.45, 7) is 13.1. The normalized spacial score (nSPS) is 50.4. The number of carbonyl (C=O) groups excluding carboxylic acids is 1. The van der Waals surface area contributed by atoms with E-state index in [-0.39, 0.29) is 90.9 Å². The Balaban J connectivity index is 1.06. The Morgan fingerprint density at radius 3 is 2.42 bits per heavy atom. The van der Waals surface area contributed by atoms with Gasteiger partial charge in [0, 0.05) is 58.0 Å². The fourth-order valence-corrected chi connectivity index (χ4v) is 10.9. The average molecular weight is 731 g/mol. The number of aliphatic hydroxyl groups excluding tert-OH is 2. The molecule has 11 nitrogen and oxygen atoms in total. The minimum atomic E-state index is -0.939.